The molecular weight excluding hydrogens is 228 g/mol. The van der Waals surface area contributed by atoms with Crippen molar-refractivity contribution in [2.24, 2.45) is 0 Å². The van der Waals surface area contributed by atoms with Crippen LogP contribution in [0, 0.1) is 11.3 Å². The van der Waals surface area contributed by atoms with Crippen molar-refractivity contribution in [2.45, 2.75) is 25.7 Å². The van der Waals surface area contributed by atoms with E-state index in [-0.39, 0.29) is 12.5 Å². The maximum atomic E-state index is 11.9. The van der Waals surface area contributed by atoms with E-state index in [4.69, 9.17) is 10.00 Å². The molecule has 1 aliphatic heterocycles. The summed E-state index contributed by atoms with van der Waals surface area (Å²) in [7, 11) is 0. The van der Waals surface area contributed by atoms with Crippen molar-refractivity contribution in [2.75, 3.05) is 13.1 Å². The van der Waals surface area contributed by atoms with Gasteiger partial charge in [-0.1, -0.05) is 18.2 Å². The molecule has 4 heteroatoms. The Bertz CT molecular complexity index is 459. The number of benzene rings is 1. The number of amides is 1. The Morgan fingerprint density at radius 1 is 1.28 bits per heavy atom. The van der Waals surface area contributed by atoms with E-state index in [0.29, 0.717) is 5.75 Å². The lowest BCUT2D eigenvalue weighted by Gasteiger charge is -2.25. The minimum absolute atomic E-state index is 0.253. The smallest absolute Gasteiger partial charge is 0.410 e. The summed E-state index contributed by atoms with van der Waals surface area (Å²) < 4.78 is 5.37. The van der Waals surface area contributed by atoms with Crippen LogP contribution >= 0.6 is 0 Å². The van der Waals surface area contributed by atoms with Gasteiger partial charge >= 0.3 is 6.09 Å². The van der Waals surface area contributed by atoms with Crippen molar-refractivity contribution >= 4 is 6.09 Å². The zero-order chi connectivity index (χ0) is 12.8. The molecule has 1 aliphatic rings. The number of hydrogen-bond donors (Lipinski definition) is 0. The van der Waals surface area contributed by atoms with Gasteiger partial charge in [0.15, 0.2) is 0 Å². The first-order chi connectivity index (χ1) is 8.81. The molecule has 1 saturated heterocycles. The summed E-state index contributed by atoms with van der Waals surface area (Å²) in [5.41, 5.74) is 0.755. The molecular formula is C14H16N2O2. The molecule has 0 aromatic heterocycles. The quantitative estimate of drug-likeness (QED) is 0.803. The summed E-state index contributed by atoms with van der Waals surface area (Å²) >= 11 is 0. The van der Waals surface area contributed by atoms with Crippen LogP contribution in [0.4, 0.5) is 4.79 Å². The lowest BCUT2D eigenvalue weighted by atomic mass is 10.1. The molecule has 1 heterocycles. The Morgan fingerprint density at radius 2 is 2.00 bits per heavy atom. The van der Waals surface area contributed by atoms with Gasteiger partial charge in [0.1, 0.15) is 5.75 Å². The molecule has 0 saturated carbocycles. The highest BCUT2D eigenvalue weighted by molar-refractivity contribution is 5.71. The molecule has 1 amide bonds. The summed E-state index contributed by atoms with van der Waals surface area (Å²) in [6, 6.07) is 9.25. The van der Waals surface area contributed by atoms with E-state index in [9.17, 15) is 4.79 Å². The lowest BCUT2D eigenvalue weighted by molar-refractivity contribution is 0.142. The predicted molar refractivity (Wildman–Crippen MR) is 67.2 cm³/mol. The predicted octanol–water partition coefficient (Wildman–Crippen LogP) is 2.74. The zero-order valence-electron chi connectivity index (χ0n) is 10.3. The van der Waals surface area contributed by atoms with Crippen LogP contribution in [0.3, 0.4) is 0 Å². The second-order valence-corrected chi connectivity index (χ2v) is 4.36. The van der Waals surface area contributed by atoms with Crippen molar-refractivity contribution in [1.82, 2.24) is 4.90 Å². The van der Waals surface area contributed by atoms with Crippen molar-refractivity contribution in [3.63, 3.8) is 0 Å². The number of piperidine rings is 1. The average Bonchev–Trinajstić information content (AvgIpc) is 2.42. The lowest BCUT2D eigenvalue weighted by Crippen LogP contribution is -2.37. The van der Waals surface area contributed by atoms with Crippen LogP contribution in [0.15, 0.2) is 24.3 Å². The number of hydrogen-bond acceptors (Lipinski definition) is 3. The molecule has 0 N–H and O–H groups in total. The summed E-state index contributed by atoms with van der Waals surface area (Å²) in [4.78, 5) is 13.7. The number of nitrogens with zero attached hydrogens (tertiary/aromatic N) is 2. The van der Waals surface area contributed by atoms with Crippen molar-refractivity contribution in [3.8, 4) is 11.8 Å². The van der Waals surface area contributed by atoms with E-state index < -0.39 is 0 Å². The first-order valence-corrected chi connectivity index (χ1v) is 6.23. The third kappa shape index (κ3) is 3.01. The molecule has 2 rings (SSSR count). The van der Waals surface area contributed by atoms with Gasteiger partial charge in [0.05, 0.1) is 12.5 Å². The zero-order valence-corrected chi connectivity index (χ0v) is 10.3. The third-order valence-electron chi connectivity index (χ3n) is 3.05. The van der Waals surface area contributed by atoms with Gasteiger partial charge in [-0.2, -0.15) is 5.26 Å². The first-order valence-electron chi connectivity index (χ1n) is 6.23. The number of nitriles is 1. The van der Waals surface area contributed by atoms with Crippen LogP contribution in [0.25, 0.3) is 0 Å². The average molecular weight is 244 g/mol. The van der Waals surface area contributed by atoms with Gasteiger partial charge in [0, 0.05) is 18.7 Å². The number of carbonyl (C=O) groups is 1. The van der Waals surface area contributed by atoms with Gasteiger partial charge in [-0.15, -0.1) is 0 Å². The van der Waals surface area contributed by atoms with E-state index in [0.717, 1.165) is 31.5 Å². The fourth-order valence-corrected chi connectivity index (χ4v) is 2.07. The number of ether oxygens (including phenoxy) is 1. The number of carbonyl (C=O) groups excluding carboxylic acids is 1. The molecule has 0 aliphatic carbocycles. The fourth-order valence-electron chi connectivity index (χ4n) is 2.07. The SMILES string of the molecule is N#CCc1ccccc1OC(=O)N1CCCCC1. The van der Waals surface area contributed by atoms with E-state index >= 15 is 0 Å². The van der Waals surface area contributed by atoms with E-state index in [1.165, 1.54) is 6.42 Å². The second-order valence-electron chi connectivity index (χ2n) is 4.36. The monoisotopic (exact) mass is 244 g/mol. The largest absolute Gasteiger partial charge is 0.415 e. The summed E-state index contributed by atoms with van der Waals surface area (Å²) in [6.45, 7) is 1.53. The summed E-state index contributed by atoms with van der Waals surface area (Å²) in [6.07, 6.45) is 3.20. The standard InChI is InChI=1S/C14H16N2O2/c15-9-8-12-6-2-3-7-13(12)18-14(17)16-10-4-1-5-11-16/h2-3,6-7H,1,4-5,8,10-11H2. The normalized spacial score (nSPS) is 14.9. The minimum atomic E-state index is -0.305. The van der Waals surface area contributed by atoms with Gasteiger partial charge in [-0.25, -0.2) is 4.79 Å². The van der Waals surface area contributed by atoms with Gasteiger partial charge in [0.25, 0.3) is 0 Å². The van der Waals surface area contributed by atoms with Crippen molar-refractivity contribution < 1.29 is 9.53 Å². The molecule has 0 radical (unpaired) electrons. The van der Waals surface area contributed by atoms with Crippen LogP contribution < -0.4 is 4.74 Å². The van der Waals surface area contributed by atoms with Crippen LogP contribution in [0.2, 0.25) is 0 Å². The van der Waals surface area contributed by atoms with Crippen LogP contribution in [-0.2, 0) is 6.42 Å². The molecule has 0 unspecified atom stereocenters. The number of rotatable bonds is 2. The van der Waals surface area contributed by atoms with Gasteiger partial charge in [-0.3, -0.25) is 0 Å². The molecule has 0 atom stereocenters. The third-order valence-corrected chi connectivity index (χ3v) is 3.05. The Labute approximate surface area is 107 Å². The van der Waals surface area contributed by atoms with Crippen molar-refractivity contribution in [1.29, 1.82) is 5.26 Å². The maximum Gasteiger partial charge on any atom is 0.415 e. The van der Waals surface area contributed by atoms with Crippen LogP contribution in [-0.4, -0.2) is 24.1 Å². The number of para-hydroxylation sites is 1. The van der Waals surface area contributed by atoms with Crippen LogP contribution in [0.5, 0.6) is 5.75 Å². The highest BCUT2D eigenvalue weighted by atomic mass is 16.6. The van der Waals surface area contributed by atoms with E-state index in [2.05, 4.69) is 6.07 Å². The Kier molecular flexibility index (Phi) is 4.19. The first kappa shape index (κ1) is 12.4. The molecule has 1 aromatic carbocycles. The fraction of sp³-hybridized carbons (Fsp3) is 0.429. The molecule has 0 spiro atoms. The van der Waals surface area contributed by atoms with E-state index in [1.54, 1.807) is 17.0 Å². The molecule has 4 nitrogen and oxygen atoms in total. The highest BCUT2D eigenvalue weighted by Crippen LogP contribution is 2.20. The topological polar surface area (TPSA) is 53.3 Å². The molecule has 94 valence electrons. The minimum Gasteiger partial charge on any atom is -0.410 e. The Balaban J connectivity index is 2.04. The molecule has 18 heavy (non-hydrogen) atoms. The second kappa shape index (κ2) is 6.06. The number of likely N-dealkylation sites (tertiary alicyclic amines) is 1. The molecule has 1 fully saturated rings. The Hall–Kier alpha value is -2.02. The van der Waals surface area contributed by atoms with Gasteiger partial charge in [-0.05, 0) is 25.3 Å². The Morgan fingerprint density at radius 3 is 2.72 bits per heavy atom. The van der Waals surface area contributed by atoms with E-state index in [1.807, 2.05) is 12.1 Å². The summed E-state index contributed by atoms with van der Waals surface area (Å²) in [5.74, 6) is 0.495. The molecule has 1 aromatic rings. The van der Waals surface area contributed by atoms with Crippen molar-refractivity contribution in [3.05, 3.63) is 29.8 Å². The van der Waals surface area contributed by atoms with Gasteiger partial charge in [0.2, 0.25) is 0 Å². The van der Waals surface area contributed by atoms with Crippen LogP contribution in [0.1, 0.15) is 24.8 Å². The maximum absolute atomic E-state index is 11.9. The summed E-state index contributed by atoms with van der Waals surface area (Å²) in [5, 5.41) is 8.73. The van der Waals surface area contributed by atoms with Gasteiger partial charge < -0.3 is 9.64 Å². The highest BCUT2D eigenvalue weighted by Gasteiger charge is 2.19. The molecule has 0 bridgehead atoms.